The van der Waals surface area contributed by atoms with Crippen molar-refractivity contribution in [2.45, 2.75) is 13.3 Å². The molecule has 52 valence electrons. The number of urea groups is 1. The molecule has 0 unspecified atom stereocenters. The summed E-state index contributed by atoms with van der Waals surface area (Å²) in [5.74, 6) is 0. The lowest BCUT2D eigenvalue weighted by Gasteiger charge is -1.90. The number of aliphatic hydroxyl groups excluding tert-OH is 1. The molecule has 0 aromatic heterocycles. The third-order valence-electron chi connectivity index (χ3n) is 0.621. The van der Waals surface area contributed by atoms with Gasteiger partial charge in [0.2, 0.25) is 0 Å². The molecule has 0 bridgehead atoms. The molecular formula is C5H10N2O2. The number of carbonyl (C=O) groups is 1. The molecule has 0 aliphatic rings. The van der Waals surface area contributed by atoms with Crippen LogP contribution >= 0.6 is 0 Å². The lowest BCUT2D eigenvalue weighted by Crippen LogP contribution is -2.20. The molecule has 0 aromatic carbocycles. The highest BCUT2D eigenvalue weighted by Crippen LogP contribution is 1.72. The lowest BCUT2D eigenvalue weighted by molar-refractivity contribution is 0.225. The first-order chi connectivity index (χ1) is 4.31. The van der Waals surface area contributed by atoms with Crippen LogP contribution in [-0.2, 0) is 0 Å². The van der Waals surface area contributed by atoms with Gasteiger partial charge in [0.1, 0.15) is 6.73 Å². The van der Waals surface area contributed by atoms with Crippen molar-refractivity contribution >= 4 is 12.2 Å². The number of hydrogen-bond donors (Lipinski definition) is 2. The van der Waals surface area contributed by atoms with Crippen molar-refractivity contribution in [1.82, 2.24) is 5.32 Å². The molecule has 2 amide bonds. The number of rotatable bonds is 2. The molecule has 0 heterocycles. The van der Waals surface area contributed by atoms with Gasteiger partial charge in [-0.05, 0) is 6.42 Å². The van der Waals surface area contributed by atoms with Crippen molar-refractivity contribution in [3.05, 3.63) is 0 Å². The summed E-state index contributed by atoms with van der Waals surface area (Å²) in [7, 11) is 0. The number of aliphatic hydroxyl groups is 1. The zero-order valence-corrected chi connectivity index (χ0v) is 5.29. The van der Waals surface area contributed by atoms with Crippen LogP contribution in [0.4, 0.5) is 4.79 Å². The van der Waals surface area contributed by atoms with E-state index in [1.807, 2.05) is 6.92 Å². The van der Waals surface area contributed by atoms with Gasteiger partial charge in [-0.1, -0.05) is 6.92 Å². The Hall–Kier alpha value is -0.900. The van der Waals surface area contributed by atoms with Crippen molar-refractivity contribution in [2.24, 2.45) is 4.99 Å². The molecule has 9 heavy (non-hydrogen) atoms. The predicted octanol–water partition coefficient (Wildman–Crippen LogP) is 0.127. The summed E-state index contributed by atoms with van der Waals surface area (Å²) >= 11 is 0. The van der Waals surface area contributed by atoms with E-state index in [4.69, 9.17) is 5.11 Å². The van der Waals surface area contributed by atoms with Gasteiger partial charge < -0.3 is 10.4 Å². The second-order valence-corrected chi connectivity index (χ2v) is 1.36. The highest BCUT2D eigenvalue weighted by molar-refractivity contribution is 5.83. The summed E-state index contributed by atoms with van der Waals surface area (Å²) in [5, 5.41) is 10.2. The summed E-state index contributed by atoms with van der Waals surface area (Å²) in [6.45, 7) is 1.51. The van der Waals surface area contributed by atoms with E-state index in [9.17, 15) is 4.79 Å². The molecule has 0 aromatic rings. The topological polar surface area (TPSA) is 61.7 Å². The smallest absolute Gasteiger partial charge is 0.342 e. The SMILES string of the molecule is CCC=NC(=O)NCO. The van der Waals surface area contributed by atoms with Crippen LogP contribution in [0.25, 0.3) is 0 Å². The maximum absolute atomic E-state index is 10.3. The van der Waals surface area contributed by atoms with E-state index in [-0.39, 0.29) is 6.73 Å². The van der Waals surface area contributed by atoms with Crippen LogP contribution in [0.15, 0.2) is 4.99 Å². The Morgan fingerprint density at radius 1 is 1.89 bits per heavy atom. The van der Waals surface area contributed by atoms with E-state index < -0.39 is 6.03 Å². The highest BCUT2D eigenvalue weighted by Gasteiger charge is 1.88. The van der Waals surface area contributed by atoms with Crippen molar-refractivity contribution in [3.63, 3.8) is 0 Å². The zero-order valence-electron chi connectivity index (χ0n) is 5.29. The molecule has 0 saturated carbocycles. The average Bonchev–Trinajstić information content (AvgIpc) is 1.85. The van der Waals surface area contributed by atoms with Crippen molar-refractivity contribution < 1.29 is 9.90 Å². The molecule has 0 rings (SSSR count). The van der Waals surface area contributed by atoms with Crippen LogP contribution in [0.2, 0.25) is 0 Å². The second kappa shape index (κ2) is 5.24. The minimum Gasteiger partial charge on any atom is -0.376 e. The maximum Gasteiger partial charge on any atom is 0.342 e. The summed E-state index contributed by atoms with van der Waals surface area (Å²) in [5.41, 5.74) is 0. The number of amides is 2. The van der Waals surface area contributed by atoms with E-state index in [0.29, 0.717) is 0 Å². The quantitative estimate of drug-likeness (QED) is 0.412. The molecule has 0 atom stereocenters. The summed E-state index contributed by atoms with van der Waals surface area (Å²) in [4.78, 5) is 13.7. The second-order valence-electron chi connectivity index (χ2n) is 1.36. The number of carbonyl (C=O) groups excluding carboxylic acids is 1. The van der Waals surface area contributed by atoms with E-state index in [2.05, 4.69) is 10.3 Å². The van der Waals surface area contributed by atoms with Gasteiger partial charge in [0.15, 0.2) is 0 Å². The maximum atomic E-state index is 10.3. The Labute approximate surface area is 53.6 Å². The number of hydrogen-bond acceptors (Lipinski definition) is 2. The number of aliphatic imine (C=N–C) groups is 1. The fraction of sp³-hybridized carbons (Fsp3) is 0.600. The first kappa shape index (κ1) is 8.10. The monoisotopic (exact) mass is 130 g/mol. The molecule has 0 aliphatic carbocycles. The molecule has 2 N–H and O–H groups in total. The first-order valence-corrected chi connectivity index (χ1v) is 2.72. The standard InChI is InChI=1S/C5H10N2O2/c1-2-3-6-5(9)7-4-8/h3,8H,2,4H2,1H3,(H,7,9). The molecule has 4 nitrogen and oxygen atoms in total. The van der Waals surface area contributed by atoms with Gasteiger partial charge in [-0.2, -0.15) is 0 Å². The van der Waals surface area contributed by atoms with E-state index in [0.717, 1.165) is 6.42 Å². The van der Waals surface area contributed by atoms with Crippen molar-refractivity contribution in [2.75, 3.05) is 6.73 Å². The number of nitrogens with zero attached hydrogens (tertiary/aromatic N) is 1. The largest absolute Gasteiger partial charge is 0.376 e. The molecule has 0 spiro atoms. The van der Waals surface area contributed by atoms with Crippen LogP contribution in [0.1, 0.15) is 13.3 Å². The Kier molecular flexibility index (Phi) is 4.72. The zero-order chi connectivity index (χ0) is 7.11. The highest BCUT2D eigenvalue weighted by atomic mass is 16.3. The van der Waals surface area contributed by atoms with Crippen LogP contribution in [0.5, 0.6) is 0 Å². The first-order valence-electron chi connectivity index (χ1n) is 2.72. The minimum atomic E-state index is -0.501. The molecular weight excluding hydrogens is 120 g/mol. The van der Waals surface area contributed by atoms with Gasteiger partial charge in [0, 0.05) is 6.21 Å². The van der Waals surface area contributed by atoms with Gasteiger partial charge in [-0.15, -0.1) is 0 Å². The molecule has 0 fully saturated rings. The Bertz CT molecular complexity index is 112. The fourth-order valence-electron chi connectivity index (χ4n) is 0.287. The normalized spacial score (nSPS) is 10.0. The van der Waals surface area contributed by atoms with E-state index in [1.165, 1.54) is 6.21 Å². The third kappa shape index (κ3) is 4.96. The van der Waals surface area contributed by atoms with Crippen LogP contribution in [0, 0.1) is 0 Å². The van der Waals surface area contributed by atoms with Gasteiger partial charge in [-0.3, -0.25) is 0 Å². The average molecular weight is 130 g/mol. The van der Waals surface area contributed by atoms with Crippen LogP contribution in [0.3, 0.4) is 0 Å². The minimum absolute atomic E-state index is 0.361. The van der Waals surface area contributed by atoms with Gasteiger partial charge in [-0.25, -0.2) is 9.79 Å². The lowest BCUT2D eigenvalue weighted by atomic mass is 10.5. The van der Waals surface area contributed by atoms with E-state index >= 15 is 0 Å². The number of nitrogens with one attached hydrogen (secondary N) is 1. The molecule has 4 heteroatoms. The van der Waals surface area contributed by atoms with Gasteiger partial charge in [0.25, 0.3) is 0 Å². The van der Waals surface area contributed by atoms with Crippen molar-refractivity contribution in [1.29, 1.82) is 0 Å². The Morgan fingerprint density at radius 2 is 2.56 bits per heavy atom. The van der Waals surface area contributed by atoms with Crippen LogP contribution < -0.4 is 5.32 Å². The fourth-order valence-corrected chi connectivity index (χ4v) is 0.287. The summed E-state index contributed by atoms with van der Waals surface area (Å²) in [6, 6.07) is -0.501. The third-order valence-corrected chi connectivity index (χ3v) is 0.621. The Morgan fingerprint density at radius 3 is 3.00 bits per heavy atom. The summed E-state index contributed by atoms with van der Waals surface area (Å²) < 4.78 is 0. The molecule has 0 saturated heterocycles. The molecule has 0 aliphatic heterocycles. The van der Waals surface area contributed by atoms with Gasteiger partial charge in [0.05, 0.1) is 0 Å². The Balaban J connectivity index is 3.37. The predicted molar refractivity (Wildman–Crippen MR) is 34.4 cm³/mol. The van der Waals surface area contributed by atoms with Crippen molar-refractivity contribution in [3.8, 4) is 0 Å². The van der Waals surface area contributed by atoms with E-state index in [1.54, 1.807) is 0 Å². The summed E-state index contributed by atoms with van der Waals surface area (Å²) in [6.07, 6.45) is 2.20. The van der Waals surface area contributed by atoms with Gasteiger partial charge >= 0.3 is 6.03 Å². The molecule has 0 radical (unpaired) electrons. The van der Waals surface area contributed by atoms with Crippen LogP contribution in [-0.4, -0.2) is 24.1 Å².